The van der Waals surface area contributed by atoms with E-state index in [-0.39, 0.29) is 5.91 Å². The van der Waals surface area contributed by atoms with Crippen molar-refractivity contribution < 1.29 is 4.79 Å². The normalized spacial score (nSPS) is 11.5. The first kappa shape index (κ1) is 15.4. The maximum Gasteiger partial charge on any atom is 0.253 e. The molecule has 0 fully saturated rings. The van der Waals surface area contributed by atoms with Gasteiger partial charge in [-0.05, 0) is 52.1 Å². The summed E-state index contributed by atoms with van der Waals surface area (Å²) in [5.74, 6) is -0.0564. The summed E-state index contributed by atoms with van der Waals surface area (Å²) < 4.78 is 0. The first-order valence-corrected chi connectivity index (χ1v) is 7.34. The molecule has 0 spiro atoms. The molecule has 1 aromatic carbocycles. The van der Waals surface area contributed by atoms with Gasteiger partial charge < -0.3 is 20.9 Å². The van der Waals surface area contributed by atoms with Gasteiger partial charge in [-0.1, -0.05) is 0 Å². The van der Waals surface area contributed by atoms with Gasteiger partial charge in [-0.2, -0.15) is 0 Å². The van der Waals surface area contributed by atoms with Gasteiger partial charge in [0.25, 0.3) is 5.91 Å². The highest BCUT2D eigenvalue weighted by Gasteiger charge is 2.11. The number of nitrogens with one attached hydrogen (secondary N) is 2. The van der Waals surface area contributed by atoms with Crippen LogP contribution in [0.25, 0.3) is 10.9 Å². The number of nitrogens with two attached hydrogens (primary N) is 1. The van der Waals surface area contributed by atoms with E-state index in [9.17, 15) is 4.79 Å². The van der Waals surface area contributed by atoms with Crippen LogP contribution in [0.3, 0.4) is 0 Å². The SMILES string of the molecule is CC(C)N(C)CCCNC(=O)c1c[nH]c2ccc(N)cc12. The number of H-pyrrole nitrogens is 1. The number of amides is 1. The van der Waals surface area contributed by atoms with E-state index in [0.717, 1.165) is 23.9 Å². The third-order valence-corrected chi connectivity index (χ3v) is 3.81. The fourth-order valence-electron chi connectivity index (χ4n) is 2.21. The quantitative estimate of drug-likeness (QED) is 0.563. The van der Waals surface area contributed by atoms with Crippen LogP contribution in [0.2, 0.25) is 0 Å². The lowest BCUT2D eigenvalue weighted by molar-refractivity contribution is 0.0953. The van der Waals surface area contributed by atoms with E-state index in [1.54, 1.807) is 6.20 Å². The van der Waals surface area contributed by atoms with Crippen LogP contribution >= 0.6 is 0 Å². The van der Waals surface area contributed by atoms with Gasteiger partial charge in [0.15, 0.2) is 0 Å². The number of aromatic nitrogens is 1. The van der Waals surface area contributed by atoms with Gasteiger partial charge >= 0.3 is 0 Å². The smallest absolute Gasteiger partial charge is 0.253 e. The van der Waals surface area contributed by atoms with Gasteiger partial charge in [0.1, 0.15) is 0 Å². The molecule has 2 aromatic rings. The minimum atomic E-state index is -0.0564. The van der Waals surface area contributed by atoms with E-state index < -0.39 is 0 Å². The molecule has 1 heterocycles. The number of benzene rings is 1. The van der Waals surface area contributed by atoms with Crippen molar-refractivity contribution >= 4 is 22.5 Å². The molecule has 0 aliphatic carbocycles. The minimum Gasteiger partial charge on any atom is -0.399 e. The topological polar surface area (TPSA) is 74.2 Å². The predicted octanol–water partition coefficient (Wildman–Crippen LogP) is 2.21. The second kappa shape index (κ2) is 6.63. The monoisotopic (exact) mass is 288 g/mol. The molecule has 0 atom stereocenters. The maximum absolute atomic E-state index is 12.2. The van der Waals surface area contributed by atoms with Crippen LogP contribution in [0.1, 0.15) is 30.6 Å². The standard InChI is InChI=1S/C16H24N4O/c1-11(2)20(3)8-4-7-18-16(21)14-10-19-15-6-5-12(17)9-13(14)15/h5-6,9-11,19H,4,7-8,17H2,1-3H3,(H,18,21). The molecule has 0 saturated carbocycles. The first-order valence-electron chi connectivity index (χ1n) is 7.34. The van der Waals surface area contributed by atoms with Gasteiger partial charge in [0, 0.05) is 35.4 Å². The number of aromatic amines is 1. The Balaban J connectivity index is 1.92. The highest BCUT2D eigenvalue weighted by Crippen LogP contribution is 2.20. The van der Waals surface area contributed by atoms with Crippen molar-refractivity contribution in [3.05, 3.63) is 30.0 Å². The molecular weight excluding hydrogens is 264 g/mol. The van der Waals surface area contributed by atoms with Crippen molar-refractivity contribution in [2.24, 2.45) is 0 Å². The third-order valence-electron chi connectivity index (χ3n) is 3.81. The van der Waals surface area contributed by atoms with Crippen LogP contribution in [-0.2, 0) is 0 Å². The van der Waals surface area contributed by atoms with Crippen molar-refractivity contribution in [3.8, 4) is 0 Å². The third kappa shape index (κ3) is 3.76. The van der Waals surface area contributed by atoms with E-state index in [4.69, 9.17) is 5.73 Å². The van der Waals surface area contributed by atoms with Crippen LogP contribution in [0, 0.1) is 0 Å². The van der Waals surface area contributed by atoms with Gasteiger partial charge in [-0.25, -0.2) is 0 Å². The van der Waals surface area contributed by atoms with E-state index >= 15 is 0 Å². The molecule has 0 radical (unpaired) electrons. The summed E-state index contributed by atoms with van der Waals surface area (Å²) in [5.41, 5.74) is 8.02. The number of nitrogens with zero attached hydrogens (tertiary/aromatic N) is 1. The lowest BCUT2D eigenvalue weighted by Gasteiger charge is -2.20. The summed E-state index contributed by atoms with van der Waals surface area (Å²) in [6, 6.07) is 6.06. The average Bonchev–Trinajstić information content (AvgIpc) is 2.85. The molecule has 5 heteroatoms. The lowest BCUT2D eigenvalue weighted by Crippen LogP contribution is -2.31. The maximum atomic E-state index is 12.2. The summed E-state index contributed by atoms with van der Waals surface area (Å²) in [6.45, 7) is 5.97. The molecule has 1 amide bonds. The van der Waals surface area contributed by atoms with Crippen molar-refractivity contribution in [2.45, 2.75) is 26.3 Å². The Labute approximate surface area is 125 Å². The highest BCUT2D eigenvalue weighted by molar-refractivity contribution is 6.07. The van der Waals surface area contributed by atoms with Gasteiger partial charge in [-0.15, -0.1) is 0 Å². The summed E-state index contributed by atoms with van der Waals surface area (Å²) in [6.07, 6.45) is 2.67. The fourth-order valence-corrected chi connectivity index (χ4v) is 2.21. The number of carbonyl (C=O) groups is 1. The second-order valence-electron chi connectivity index (χ2n) is 5.69. The molecule has 0 aliphatic heterocycles. The molecule has 5 nitrogen and oxygen atoms in total. The minimum absolute atomic E-state index is 0.0564. The van der Waals surface area contributed by atoms with Crippen molar-refractivity contribution in [1.29, 1.82) is 0 Å². The van der Waals surface area contributed by atoms with Gasteiger partial charge in [0.2, 0.25) is 0 Å². The Bertz CT molecular complexity index is 618. The number of anilines is 1. The van der Waals surface area contributed by atoms with E-state index in [0.29, 0.717) is 23.8 Å². The fraction of sp³-hybridized carbons (Fsp3) is 0.438. The Hall–Kier alpha value is -2.01. The van der Waals surface area contributed by atoms with Crippen LogP contribution in [0.15, 0.2) is 24.4 Å². The van der Waals surface area contributed by atoms with Gasteiger partial charge in [-0.3, -0.25) is 4.79 Å². The van der Waals surface area contributed by atoms with E-state index in [2.05, 4.69) is 36.1 Å². The molecule has 0 saturated heterocycles. The zero-order chi connectivity index (χ0) is 15.4. The molecule has 2 rings (SSSR count). The van der Waals surface area contributed by atoms with Crippen molar-refractivity contribution in [3.63, 3.8) is 0 Å². The first-order chi connectivity index (χ1) is 9.99. The molecule has 21 heavy (non-hydrogen) atoms. The molecule has 0 aliphatic rings. The second-order valence-corrected chi connectivity index (χ2v) is 5.69. The molecule has 0 unspecified atom stereocenters. The molecule has 4 N–H and O–H groups in total. The number of hydrogen-bond donors (Lipinski definition) is 3. The van der Waals surface area contributed by atoms with Crippen molar-refractivity contribution in [2.75, 3.05) is 25.9 Å². The Morgan fingerprint density at radius 1 is 1.43 bits per heavy atom. The average molecular weight is 288 g/mol. The largest absolute Gasteiger partial charge is 0.399 e. The van der Waals surface area contributed by atoms with Crippen LogP contribution in [-0.4, -0.2) is 42.0 Å². The summed E-state index contributed by atoms with van der Waals surface area (Å²) in [5, 5.41) is 3.83. The number of fused-ring (bicyclic) bond motifs is 1. The van der Waals surface area contributed by atoms with Crippen LogP contribution in [0.4, 0.5) is 5.69 Å². The molecule has 0 bridgehead atoms. The van der Waals surface area contributed by atoms with Gasteiger partial charge in [0.05, 0.1) is 5.56 Å². The number of carbonyl (C=O) groups excluding carboxylic acids is 1. The van der Waals surface area contributed by atoms with Crippen LogP contribution < -0.4 is 11.1 Å². The molecule has 114 valence electrons. The number of hydrogen-bond acceptors (Lipinski definition) is 3. The lowest BCUT2D eigenvalue weighted by atomic mass is 10.1. The Kier molecular flexibility index (Phi) is 4.85. The predicted molar refractivity (Wildman–Crippen MR) is 87.4 cm³/mol. The molecular formula is C16H24N4O. The Morgan fingerprint density at radius 2 is 2.19 bits per heavy atom. The molecule has 1 aromatic heterocycles. The zero-order valence-electron chi connectivity index (χ0n) is 12.9. The summed E-state index contributed by atoms with van der Waals surface area (Å²) in [7, 11) is 2.09. The highest BCUT2D eigenvalue weighted by atomic mass is 16.1. The zero-order valence-corrected chi connectivity index (χ0v) is 12.9. The summed E-state index contributed by atoms with van der Waals surface area (Å²) >= 11 is 0. The Morgan fingerprint density at radius 3 is 2.90 bits per heavy atom. The number of nitrogen functional groups attached to an aromatic ring is 1. The van der Waals surface area contributed by atoms with Crippen LogP contribution in [0.5, 0.6) is 0 Å². The van der Waals surface area contributed by atoms with E-state index in [1.165, 1.54) is 0 Å². The van der Waals surface area contributed by atoms with Crippen molar-refractivity contribution in [1.82, 2.24) is 15.2 Å². The van der Waals surface area contributed by atoms with E-state index in [1.807, 2.05) is 18.2 Å². The number of rotatable bonds is 6. The summed E-state index contributed by atoms with van der Waals surface area (Å²) in [4.78, 5) is 17.6.